The van der Waals surface area contributed by atoms with Crippen LogP contribution in [0.1, 0.15) is 78.8 Å². The van der Waals surface area contributed by atoms with Crippen molar-refractivity contribution in [1.29, 1.82) is 0 Å². The smallest absolute Gasteiger partial charge is 0.126 e. The Balaban J connectivity index is 1.38. The Morgan fingerprint density at radius 3 is 2.39 bits per heavy atom. The minimum Gasteiger partial charge on any atom is -0.387 e. The molecule has 1 unspecified atom stereocenters. The second-order valence-corrected chi connectivity index (χ2v) is 8.72. The van der Waals surface area contributed by atoms with Gasteiger partial charge in [0, 0.05) is 0 Å². The van der Waals surface area contributed by atoms with Crippen LogP contribution in [0.25, 0.3) is 5.52 Å². The lowest BCUT2D eigenvalue weighted by Gasteiger charge is -2.33. The van der Waals surface area contributed by atoms with E-state index in [2.05, 4.69) is 21.5 Å². The second-order valence-electron chi connectivity index (χ2n) is 8.72. The highest BCUT2D eigenvalue weighted by Crippen LogP contribution is 2.47. The quantitative estimate of drug-likeness (QED) is 0.635. The third kappa shape index (κ3) is 3.14. The Morgan fingerprint density at radius 2 is 1.68 bits per heavy atom. The maximum Gasteiger partial charge on any atom is 0.126 e. The zero-order chi connectivity index (χ0) is 19.3. The van der Waals surface area contributed by atoms with Gasteiger partial charge < -0.3 is 9.51 Å². The van der Waals surface area contributed by atoms with Crippen LogP contribution in [0.15, 0.2) is 42.9 Å². The van der Waals surface area contributed by atoms with E-state index in [1.54, 1.807) is 6.07 Å². The predicted molar refractivity (Wildman–Crippen MR) is 108 cm³/mol. The minimum atomic E-state index is -0.489. The molecule has 0 radical (unpaired) electrons. The molecule has 2 aliphatic rings. The van der Waals surface area contributed by atoms with Crippen molar-refractivity contribution in [2.75, 3.05) is 0 Å². The second kappa shape index (κ2) is 7.00. The monoisotopic (exact) mass is 378 g/mol. The fraction of sp³-hybridized carbons (Fsp3) is 0.458. The first-order chi connectivity index (χ1) is 13.6. The zero-order valence-corrected chi connectivity index (χ0v) is 16.3. The molecule has 1 aromatic carbocycles. The van der Waals surface area contributed by atoms with Crippen LogP contribution >= 0.6 is 0 Å². The van der Waals surface area contributed by atoms with Gasteiger partial charge in [0.15, 0.2) is 0 Å². The van der Waals surface area contributed by atoms with E-state index in [1.807, 2.05) is 31.6 Å². The Hall–Kier alpha value is -2.20. The number of aliphatic hydroxyl groups excluding tert-OH is 1. The summed E-state index contributed by atoms with van der Waals surface area (Å²) in [6, 6.07) is 9.87. The van der Waals surface area contributed by atoms with Gasteiger partial charge in [0.1, 0.15) is 5.82 Å². The van der Waals surface area contributed by atoms with Crippen molar-refractivity contribution in [3.8, 4) is 0 Å². The summed E-state index contributed by atoms with van der Waals surface area (Å²) in [6.07, 6.45) is 9.32. The summed E-state index contributed by atoms with van der Waals surface area (Å²) < 4.78 is 16.5. The largest absolute Gasteiger partial charge is 0.387 e. The topological polar surface area (TPSA) is 37.5 Å². The number of imidazole rings is 1. The van der Waals surface area contributed by atoms with Crippen molar-refractivity contribution in [2.24, 2.45) is 5.92 Å². The average Bonchev–Trinajstić information content (AvgIpc) is 3.43. The third-order valence-corrected chi connectivity index (χ3v) is 6.77. The molecular weight excluding hydrogens is 351 g/mol. The lowest BCUT2D eigenvalue weighted by molar-refractivity contribution is 0.0752. The van der Waals surface area contributed by atoms with Crippen molar-refractivity contribution in [2.45, 2.75) is 63.4 Å². The van der Waals surface area contributed by atoms with Crippen LogP contribution in [0.3, 0.4) is 0 Å². The van der Waals surface area contributed by atoms with E-state index in [0.29, 0.717) is 5.92 Å². The molecule has 3 nitrogen and oxygen atoms in total. The maximum absolute atomic E-state index is 14.4. The van der Waals surface area contributed by atoms with Gasteiger partial charge in [0.2, 0.25) is 0 Å². The molecule has 2 aliphatic carbocycles. The molecule has 0 amide bonds. The molecule has 0 spiro atoms. The predicted octanol–water partition coefficient (Wildman–Crippen LogP) is 5.67. The van der Waals surface area contributed by atoms with Gasteiger partial charge in [-0.3, -0.25) is 0 Å². The lowest BCUT2D eigenvalue weighted by atomic mass is 9.75. The number of fused-ring (bicyclic) bond motifs is 1. The van der Waals surface area contributed by atoms with Gasteiger partial charge in [0.25, 0.3) is 0 Å². The molecule has 3 aromatic rings. The number of nitrogens with zero attached hydrogens (tertiary/aromatic N) is 2. The highest BCUT2D eigenvalue weighted by Gasteiger charge is 2.34. The highest BCUT2D eigenvalue weighted by molar-refractivity contribution is 5.50. The zero-order valence-electron chi connectivity index (χ0n) is 16.3. The fourth-order valence-electron chi connectivity index (χ4n) is 5.01. The molecule has 1 atom stereocenters. The fourth-order valence-corrected chi connectivity index (χ4v) is 5.01. The number of aliphatic hydroxyl groups is 1. The molecule has 4 heteroatoms. The van der Waals surface area contributed by atoms with Crippen molar-refractivity contribution in [3.63, 3.8) is 0 Å². The van der Waals surface area contributed by atoms with Crippen molar-refractivity contribution < 1.29 is 9.50 Å². The van der Waals surface area contributed by atoms with Gasteiger partial charge >= 0.3 is 0 Å². The number of aryl methyl sites for hydroxylation is 1. The van der Waals surface area contributed by atoms with E-state index >= 15 is 0 Å². The molecule has 2 aromatic heterocycles. The van der Waals surface area contributed by atoms with Crippen molar-refractivity contribution in [3.05, 3.63) is 71.1 Å². The number of halogens is 1. The first-order valence-electron chi connectivity index (χ1n) is 10.5. The number of hydrogen-bond acceptors (Lipinski definition) is 2. The van der Waals surface area contributed by atoms with E-state index < -0.39 is 6.10 Å². The summed E-state index contributed by atoms with van der Waals surface area (Å²) in [5, 5.41) is 11.3. The van der Waals surface area contributed by atoms with Crippen LogP contribution in [0.5, 0.6) is 0 Å². The van der Waals surface area contributed by atoms with E-state index in [9.17, 15) is 9.50 Å². The first kappa shape index (κ1) is 17.9. The van der Waals surface area contributed by atoms with Gasteiger partial charge in [-0.25, -0.2) is 9.37 Å². The first-order valence-corrected chi connectivity index (χ1v) is 10.5. The van der Waals surface area contributed by atoms with E-state index in [4.69, 9.17) is 0 Å². The highest BCUT2D eigenvalue weighted by atomic mass is 19.1. The Kier molecular flexibility index (Phi) is 4.47. The number of hydrogen-bond donors (Lipinski definition) is 1. The molecule has 0 aliphatic heterocycles. The lowest BCUT2D eigenvalue weighted by Crippen LogP contribution is -2.22. The third-order valence-electron chi connectivity index (χ3n) is 6.77. The molecule has 2 heterocycles. The van der Waals surface area contributed by atoms with Gasteiger partial charge in [-0.15, -0.1) is 0 Å². The molecule has 5 rings (SSSR count). The summed E-state index contributed by atoms with van der Waals surface area (Å²) in [7, 11) is 0. The van der Waals surface area contributed by atoms with Crippen LogP contribution in [0.4, 0.5) is 4.39 Å². The minimum absolute atomic E-state index is 0.0804. The molecule has 1 N–H and O–H groups in total. The van der Waals surface area contributed by atoms with E-state index in [1.165, 1.54) is 18.4 Å². The Labute approximate surface area is 165 Å². The standard InChI is InChI=1S/C24H27FN2O/c1-15-2-10-20(22(25)12-15)16-5-7-18(8-6-16)24(28)23-21(17-3-4-17)11-9-19-13-26-14-27(19)23/h2,9-14,16-18,24,28H,3-8H2,1H3. The summed E-state index contributed by atoms with van der Waals surface area (Å²) in [5.74, 6) is 0.976. The Morgan fingerprint density at radius 1 is 1.00 bits per heavy atom. The van der Waals surface area contributed by atoms with Crippen molar-refractivity contribution in [1.82, 2.24) is 9.38 Å². The van der Waals surface area contributed by atoms with Gasteiger partial charge in [0.05, 0.1) is 29.8 Å². The van der Waals surface area contributed by atoms with Crippen LogP contribution in [0.2, 0.25) is 0 Å². The molecular formula is C24H27FN2O. The number of benzene rings is 1. The normalized spacial score (nSPS) is 23.8. The number of aromatic nitrogens is 2. The molecule has 28 heavy (non-hydrogen) atoms. The number of rotatable bonds is 4. The van der Waals surface area contributed by atoms with Gasteiger partial charge in [-0.2, -0.15) is 0 Å². The molecule has 2 fully saturated rings. The number of pyridine rings is 1. The Bertz CT molecular complexity index is 999. The summed E-state index contributed by atoms with van der Waals surface area (Å²) in [6.45, 7) is 1.92. The van der Waals surface area contributed by atoms with Crippen LogP contribution in [-0.4, -0.2) is 14.5 Å². The van der Waals surface area contributed by atoms with Crippen molar-refractivity contribution >= 4 is 5.52 Å². The summed E-state index contributed by atoms with van der Waals surface area (Å²) >= 11 is 0. The van der Waals surface area contributed by atoms with Crippen LogP contribution in [-0.2, 0) is 0 Å². The summed E-state index contributed by atoms with van der Waals surface area (Å²) in [5.41, 5.74) is 5.15. The van der Waals surface area contributed by atoms with Crippen LogP contribution in [0, 0.1) is 18.7 Å². The van der Waals surface area contributed by atoms with Gasteiger partial charge in [-0.05, 0) is 92.0 Å². The SMILES string of the molecule is Cc1ccc(C2CCC(C(O)c3c(C4CC4)ccc4cncn34)CC2)c(F)c1. The maximum atomic E-state index is 14.4. The van der Waals surface area contributed by atoms with E-state index in [0.717, 1.165) is 48.0 Å². The molecule has 146 valence electrons. The molecule has 0 bridgehead atoms. The van der Waals surface area contributed by atoms with Crippen LogP contribution < -0.4 is 0 Å². The molecule has 2 saturated carbocycles. The molecule has 0 saturated heterocycles. The summed E-state index contributed by atoms with van der Waals surface area (Å²) in [4.78, 5) is 4.29. The van der Waals surface area contributed by atoms with E-state index in [-0.39, 0.29) is 17.7 Å². The average molecular weight is 378 g/mol. The van der Waals surface area contributed by atoms with Gasteiger partial charge in [-0.1, -0.05) is 18.2 Å².